The van der Waals surface area contributed by atoms with Crippen LogP contribution in [0.15, 0.2) is 10.8 Å². The lowest BCUT2D eigenvalue weighted by Gasteiger charge is -1.95. The highest BCUT2D eigenvalue weighted by Crippen LogP contribution is 2.03. The SMILES string of the molecule is Cc1nocc1C(=O)NCC#N. The summed E-state index contributed by atoms with van der Waals surface area (Å²) in [4.78, 5) is 11.1. The molecule has 0 aliphatic rings. The van der Waals surface area contributed by atoms with Gasteiger partial charge in [-0.25, -0.2) is 0 Å². The second-order valence-corrected chi connectivity index (χ2v) is 2.15. The maximum Gasteiger partial charge on any atom is 0.257 e. The van der Waals surface area contributed by atoms with Gasteiger partial charge in [0.1, 0.15) is 18.4 Å². The molecular formula is C7H7N3O2. The first-order valence-corrected chi connectivity index (χ1v) is 3.32. The number of nitrogens with zero attached hydrogens (tertiary/aromatic N) is 2. The molecule has 0 unspecified atom stereocenters. The van der Waals surface area contributed by atoms with Crippen molar-refractivity contribution in [1.82, 2.24) is 10.5 Å². The summed E-state index contributed by atoms with van der Waals surface area (Å²) in [7, 11) is 0. The molecule has 0 saturated carbocycles. The fraction of sp³-hybridized carbons (Fsp3) is 0.286. The van der Waals surface area contributed by atoms with Crippen LogP contribution >= 0.6 is 0 Å². The van der Waals surface area contributed by atoms with E-state index in [1.54, 1.807) is 13.0 Å². The van der Waals surface area contributed by atoms with E-state index in [1.807, 2.05) is 0 Å². The molecule has 62 valence electrons. The van der Waals surface area contributed by atoms with E-state index in [9.17, 15) is 4.79 Å². The summed E-state index contributed by atoms with van der Waals surface area (Å²) in [5, 5.41) is 14.1. The Labute approximate surface area is 69.0 Å². The van der Waals surface area contributed by atoms with Crippen LogP contribution in [0.4, 0.5) is 0 Å². The third-order valence-electron chi connectivity index (χ3n) is 1.32. The van der Waals surface area contributed by atoms with Crippen molar-refractivity contribution in [1.29, 1.82) is 5.26 Å². The number of hydrogen-bond acceptors (Lipinski definition) is 4. The summed E-state index contributed by atoms with van der Waals surface area (Å²) in [6.45, 7) is 1.65. The zero-order valence-electron chi connectivity index (χ0n) is 6.50. The van der Waals surface area contributed by atoms with Crippen LogP contribution < -0.4 is 5.32 Å². The van der Waals surface area contributed by atoms with E-state index in [4.69, 9.17) is 5.26 Å². The molecule has 0 saturated heterocycles. The first kappa shape index (κ1) is 8.27. The summed E-state index contributed by atoms with van der Waals surface area (Å²) in [5.74, 6) is -0.338. The normalized spacial score (nSPS) is 9.00. The number of amides is 1. The molecule has 0 radical (unpaired) electrons. The second kappa shape index (κ2) is 3.53. The van der Waals surface area contributed by atoms with Gasteiger partial charge in [-0.15, -0.1) is 0 Å². The molecule has 1 rings (SSSR count). The Hall–Kier alpha value is -1.83. The van der Waals surface area contributed by atoms with E-state index in [2.05, 4.69) is 15.0 Å². The first-order valence-electron chi connectivity index (χ1n) is 3.32. The Morgan fingerprint density at radius 3 is 3.17 bits per heavy atom. The van der Waals surface area contributed by atoms with Gasteiger partial charge in [0.05, 0.1) is 11.8 Å². The van der Waals surface area contributed by atoms with E-state index < -0.39 is 0 Å². The highest BCUT2D eigenvalue weighted by atomic mass is 16.5. The van der Waals surface area contributed by atoms with Gasteiger partial charge in [-0.05, 0) is 6.92 Å². The number of nitrogens with one attached hydrogen (secondary N) is 1. The van der Waals surface area contributed by atoms with Crippen LogP contribution in [-0.2, 0) is 0 Å². The third kappa shape index (κ3) is 1.61. The number of rotatable bonds is 2. The van der Waals surface area contributed by atoms with Gasteiger partial charge in [0, 0.05) is 0 Å². The number of carbonyl (C=O) groups is 1. The van der Waals surface area contributed by atoms with Gasteiger partial charge in [0.25, 0.3) is 5.91 Å². The van der Waals surface area contributed by atoms with Crippen LogP contribution in [-0.4, -0.2) is 17.6 Å². The maximum atomic E-state index is 11.1. The molecule has 0 atom stereocenters. The second-order valence-electron chi connectivity index (χ2n) is 2.15. The van der Waals surface area contributed by atoms with Crippen molar-refractivity contribution in [2.24, 2.45) is 0 Å². The maximum absolute atomic E-state index is 11.1. The van der Waals surface area contributed by atoms with Crippen LogP contribution in [0.3, 0.4) is 0 Å². The van der Waals surface area contributed by atoms with Gasteiger partial charge in [0.2, 0.25) is 0 Å². The van der Waals surface area contributed by atoms with E-state index >= 15 is 0 Å². The summed E-state index contributed by atoms with van der Waals surface area (Å²) in [6, 6.07) is 1.80. The monoisotopic (exact) mass is 165 g/mol. The predicted octanol–water partition coefficient (Wildman–Crippen LogP) is 0.236. The summed E-state index contributed by atoms with van der Waals surface area (Å²) in [6.07, 6.45) is 1.25. The van der Waals surface area contributed by atoms with E-state index in [1.165, 1.54) is 6.26 Å². The molecule has 0 aliphatic heterocycles. The van der Waals surface area contributed by atoms with Gasteiger partial charge < -0.3 is 9.84 Å². The standard InChI is InChI=1S/C7H7N3O2/c1-5-6(4-12-10-5)7(11)9-3-2-8/h4H,3H2,1H3,(H,9,11). The van der Waals surface area contributed by atoms with Gasteiger partial charge in [-0.2, -0.15) is 5.26 Å². The first-order chi connectivity index (χ1) is 5.75. The number of nitriles is 1. The van der Waals surface area contributed by atoms with Crippen LogP contribution in [0.5, 0.6) is 0 Å². The highest BCUT2D eigenvalue weighted by molar-refractivity contribution is 5.94. The van der Waals surface area contributed by atoms with Crippen LogP contribution in [0, 0.1) is 18.3 Å². The Balaban J connectivity index is 2.67. The molecule has 1 aromatic rings. The molecule has 0 spiro atoms. The Kier molecular flexibility index (Phi) is 2.43. The topological polar surface area (TPSA) is 78.9 Å². The van der Waals surface area contributed by atoms with Crippen LogP contribution in [0.2, 0.25) is 0 Å². The zero-order valence-corrected chi connectivity index (χ0v) is 6.50. The van der Waals surface area contributed by atoms with Crippen molar-refractivity contribution in [3.05, 3.63) is 17.5 Å². The molecule has 0 fully saturated rings. The lowest BCUT2D eigenvalue weighted by molar-refractivity contribution is 0.0957. The van der Waals surface area contributed by atoms with E-state index in [0.29, 0.717) is 11.3 Å². The summed E-state index contributed by atoms with van der Waals surface area (Å²) in [5.41, 5.74) is 0.885. The molecule has 5 heteroatoms. The van der Waals surface area contributed by atoms with Crippen molar-refractivity contribution in [3.63, 3.8) is 0 Å². The van der Waals surface area contributed by atoms with Gasteiger partial charge in [-0.3, -0.25) is 4.79 Å². The fourth-order valence-electron chi connectivity index (χ4n) is 0.725. The van der Waals surface area contributed by atoms with Gasteiger partial charge >= 0.3 is 0 Å². The predicted molar refractivity (Wildman–Crippen MR) is 39.2 cm³/mol. The average Bonchev–Trinajstić information content (AvgIpc) is 2.47. The molecule has 12 heavy (non-hydrogen) atoms. The molecule has 1 amide bonds. The molecule has 0 aromatic carbocycles. The highest BCUT2D eigenvalue weighted by Gasteiger charge is 2.10. The smallest absolute Gasteiger partial charge is 0.257 e. The van der Waals surface area contributed by atoms with Gasteiger partial charge in [-0.1, -0.05) is 5.16 Å². The minimum Gasteiger partial charge on any atom is -0.364 e. The average molecular weight is 165 g/mol. The summed E-state index contributed by atoms with van der Waals surface area (Å²) < 4.78 is 4.55. The lowest BCUT2D eigenvalue weighted by Crippen LogP contribution is -2.23. The van der Waals surface area contributed by atoms with E-state index in [-0.39, 0.29) is 12.5 Å². The molecule has 1 heterocycles. The van der Waals surface area contributed by atoms with Gasteiger partial charge in [0.15, 0.2) is 0 Å². The molecule has 1 aromatic heterocycles. The molecule has 5 nitrogen and oxygen atoms in total. The van der Waals surface area contributed by atoms with Crippen LogP contribution in [0.1, 0.15) is 16.1 Å². The number of aryl methyl sites for hydroxylation is 1. The molecular weight excluding hydrogens is 158 g/mol. The van der Waals surface area contributed by atoms with Crippen molar-refractivity contribution < 1.29 is 9.32 Å². The molecule has 0 aliphatic carbocycles. The minimum absolute atomic E-state index is 0.0105. The summed E-state index contributed by atoms with van der Waals surface area (Å²) >= 11 is 0. The molecule has 1 N–H and O–H groups in total. The Morgan fingerprint density at radius 1 is 1.92 bits per heavy atom. The van der Waals surface area contributed by atoms with Crippen molar-refractivity contribution in [2.45, 2.75) is 6.92 Å². The quantitative estimate of drug-likeness (QED) is 0.636. The van der Waals surface area contributed by atoms with Crippen molar-refractivity contribution in [3.8, 4) is 6.07 Å². The number of aromatic nitrogens is 1. The van der Waals surface area contributed by atoms with Crippen molar-refractivity contribution in [2.75, 3.05) is 6.54 Å². The van der Waals surface area contributed by atoms with Crippen molar-refractivity contribution >= 4 is 5.91 Å². The number of hydrogen-bond donors (Lipinski definition) is 1. The lowest BCUT2D eigenvalue weighted by atomic mass is 10.2. The molecule has 0 bridgehead atoms. The minimum atomic E-state index is -0.338. The Bertz CT molecular complexity index is 324. The van der Waals surface area contributed by atoms with E-state index in [0.717, 1.165) is 0 Å². The van der Waals surface area contributed by atoms with Crippen LogP contribution in [0.25, 0.3) is 0 Å². The largest absolute Gasteiger partial charge is 0.364 e. The number of carbonyl (C=O) groups excluding carboxylic acids is 1. The fourth-order valence-corrected chi connectivity index (χ4v) is 0.725. The zero-order chi connectivity index (χ0) is 8.97. The third-order valence-corrected chi connectivity index (χ3v) is 1.32. The Morgan fingerprint density at radius 2 is 2.67 bits per heavy atom.